The SMILES string of the molecule is COC12C(=O)c3c(OCc4ccccc4)noc3C(N(C)C)C1CC1Cc3cc4ccc(Br)cc4c(C)c3C(=O)C1C2=O. The largest absolute Gasteiger partial charge is 0.470 e. The van der Waals surface area contributed by atoms with Crippen molar-refractivity contribution >= 4 is 44.1 Å². The van der Waals surface area contributed by atoms with Gasteiger partial charge in [-0.1, -0.05) is 58.4 Å². The van der Waals surface area contributed by atoms with E-state index in [0.29, 0.717) is 24.2 Å². The van der Waals surface area contributed by atoms with Crippen LogP contribution in [0.15, 0.2) is 63.6 Å². The molecule has 0 bridgehead atoms. The lowest BCUT2D eigenvalue weighted by atomic mass is 9.54. The minimum Gasteiger partial charge on any atom is -0.470 e. The van der Waals surface area contributed by atoms with Gasteiger partial charge in [-0.15, -0.1) is 0 Å². The van der Waals surface area contributed by atoms with Crippen LogP contribution < -0.4 is 4.74 Å². The molecule has 1 aromatic heterocycles. The Morgan fingerprint density at radius 3 is 2.56 bits per heavy atom. The molecule has 0 saturated heterocycles. The molecule has 3 aliphatic carbocycles. The predicted molar refractivity (Wildman–Crippen MR) is 162 cm³/mol. The minimum absolute atomic E-state index is 0.0220. The molecule has 0 aliphatic heterocycles. The topological polar surface area (TPSA) is 98.9 Å². The molecule has 0 amide bonds. The van der Waals surface area contributed by atoms with Crippen molar-refractivity contribution in [2.24, 2.45) is 17.8 Å². The molecular weight excluding hydrogens is 612 g/mol. The first kappa shape index (κ1) is 28.1. The summed E-state index contributed by atoms with van der Waals surface area (Å²) in [6.07, 6.45) is 0.992. The van der Waals surface area contributed by atoms with Gasteiger partial charge in [-0.3, -0.25) is 19.3 Å². The molecule has 1 saturated carbocycles. The molecule has 43 heavy (non-hydrogen) atoms. The van der Waals surface area contributed by atoms with Gasteiger partial charge >= 0.3 is 0 Å². The molecule has 5 unspecified atom stereocenters. The van der Waals surface area contributed by atoms with Crippen molar-refractivity contribution in [1.29, 1.82) is 0 Å². The third-order valence-electron chi connectivity index (χ3n) is 9.65. The highest BCUT2D eigenvalue weighted by atomic mass is 79.9. The number of rotatable bonds is 5. The number of Topliss-reactive ketones (excluding diaryl/α,β-unsaturated/α-hetero) is 3. The van der Waals surface area contributed by atoms with Crippen LogP contribution >= 0.6 is 15.9 Å². The van der Waals surface area contributed by atoms with Crippen molar-refractivity contribution in [3.05, 3.63) is 92.6 Å². The van der Waals surface area contributed by atoms with Crippen LogP contribution in [0.3, 0.4) is 0 Å². The fourth-order valence-electron chi connectivity index (χ4n) is 7.81. The molecule has 1 heterocycles. The van der Waals surface area contributed by atoms with E-state index in [2.05, 4.69) is 27.2 Å². The summed E-state index contributed by atoms with van der Waals surface area (Å²) in [6, 6.07) is 17.1. The van der Waals surface area contributed by atoms with Gasteiger partial charge in [-0.25, -0.2) is 0 Å². The Hall–Kier alpha value is -3.66. The van der Waals surface area contributed by atoms with E-state index < -0.39 is 35.0 Å². The summed E-state index contributed by atoms with van der Waals surface area (Å²) in [6.45, 7) is 2.10. The normalized spacial score (nSPS) is 26.2. The van der Waals surface area contributed by atoms with Crippen LogP contribution in [0.2, 0.25) is 0 Å². The number of ketones is 3. The second-order valence-electron chi connectivity index (χ2n) is 12.1. The summed E-state index contributed by atoms with van der Waals surface area (Å²) < 4.78 is 18.7. The lowest BCUT2D eigenvalue weighted by Crippen LogP contribution is -2.67. The fourth-order valence-corrected chi connectivity index (χ4v) is 8.17. The maximum atomic E-state index is 14.7. The number of aryl methyl sites for hydroxylation is 1. The van der Waals surface area contributed by atoms with Gasteiger partial charge in [0.15, 0.2) is 22.9 Å². The van der Waals surface area contributed by atoms with Crippen LogP contribution in [-0.4, -0.2) is 54.2 Å². The zero-order chi connectivity index (χ0) is 30.2. The van der Waals surface area contributed by atoms with Gasteiger partial charge in [-0.05, 0) is 84.5 Å². The Labute approximate surface area is 257 Å². The first-order valence-electron chi connectivity index (χ1n) is 14.4. The zero-order valence-corrected chi connectivity index (χ0v) is 25.9. The molecular formula is C34H31BrN2O6. The first-order chi connectivity index (χ1) is 20.7. The summed E-state index contributed by atoms with van der Waals surface area (Å²) in [5.74, 6) is -2.75. The van der Waals surface area contributed by atoms with Gasteiger partial charge in [0.2, 0.25) is 5.78 Å². The van der Waals surface area contributed by atoms with E-state index in [0.717, 1.165) is 31.9 Å². The number of halogens is 1. The lowest BCUT2D eigenvalue weighted by molar-refractivity contribution is -0.159. The highest BCUT2D eigenvalue weighted by Gasteiger charge is 2.68. The molecule has 5 atom stereocenters. The zero-order valence-electron chi connectivity index (χ0n) is 24.3. The summed E-state index contributed by atoms with van der Waals surface area (Å²) in [4.78, 5) is 45.5. The number of aromatic nitrogens is 1. The Kier molecular flexibility index (Phi) is 6.68. The third kappa shape index (κ3) is 4.01. The molecule has 7 rings (SSSR count). The van der Waals surface area contributed by atoms with Crippen molar-refractivity contribution in [2.75, 3.05) is 21.2 Å². The average molecular weight is 644 g/mol. The van der Waals surface area contributed by atoms with Crippen molar-refractivity contribution < 1.29 is 28.4 Å². The summed E-state index contributed by atoms with van der Waals surface area (Å²) in [7, 11) is 5.14. The number of carbonyl (C=O) groups is 3. The van der Waals surface area contributed by atoms with E-state index in [1.807, 2.05) is 74.4 Å². The molecule has 8 nitrogen and oxygen atoms in total. The third-order valence-corrected chi connectivity index (χ3v) is 10.1. The van der Waals surface area contributed by atoms with Gasteiger partial charge in [-0.2, -0.15) is 0 Å². The predicted octanol–water partition coefficient (Wildman–Crippen LogP) is 5.92. The van der Waals surface area contributed by atoms with E-state index in [4.69, 9.17) is 14.0 Å². The molecule has 4 aromatic rings. The van der Waals surface area contributed by atoms with Crippen LogP contribution in [0.4, 0.5) is 0 Å². The molecule has 9 heteroatoms. The summed E-state index contributed by atoms with van der Waals surface area (Å²) in [5.41, 5.74) is 1.49. The van der Waals surface area contributed by atoms with Crippen molar-refractivity contribution in [2.45, 2.75) is 38.0 Å². The summed E-state index contributed by atoms with van der Waals surface area (Å²) >= 11 is 3.54. The van der Waals surface area contributed by atoms with E-state index >= 15 is 0 Å². The Morgan fingerprint density at radius 2 is 1.84 bits per heavy atom. The van der Waals surface area contributed by atoms with Gasteiger partial charge < -0.3 is 14.0 Å². The molecule has 1 fully saturated rings. The molecule has 0 N–H and O–H groups in total. The molecule has 0 spiro atoms. The monoisotopic (exact) mass is 642 g/mol. The quantitative estimate of drug-likeness (QED) is 0.247. The number of carbonyl (C=O) groups excluding carboxylic acids is 3. The van der Waals surface area contributed by atoms with Gasteiger partial charge in [0.25, 0.3) is 5.88 Å². The number of hydrogen-bond acceptors (Lipinski definition) is 8. The molecule has 3 aliphatic rings. The number of benzene rings is 3. The smallest absolute Gasteiger partial charge is 0.265 e. The highest BCUT2D eigenvalue weighted by molar-refractivity contribution is 9.10. The standard InChI is InChI=1S/C34H31BrN2O6/c1-17-23-15-22(35)11-10-19(23)12-20-13-21-14-24-28(37(2)3)30-27(33(36-43-30)42-16-18-8-6-5-7-9-18)32(40)34(24,41-4)31(39)26(21)29(38)25(17)20/h5-12,15,21,24,26,28H,13-14,16H2,1-4H3. The number of hydrogen-bond donors (Lipinski definition) is 0. The molecule has 220 valence electrons. The van der Waals surface area contributed by atoms with Crippen LogP contribution in [0, 0.1) is 24.7 Å². The lowest BCUT2D eigenvalue weighted by Gasteiger charge is -2.52. The number of nitrogens with zero attached hydrogens (tertiary/aromatic N) is 2. The van der Waals surface area contributed by atoms with Crippen molar-refractivity contribution in [1.82, 2.24) is 10.1 Å². The van der Waals surface area contributed by atoms with E-state index in [-0.39, 0.29) is 29.8 Å². The van der Waals surface area contributed by atoms with Crippen LogP contribution in [-0.2, 0) is 22.6 Å². The maximum absolute atomic E-state index is 14.7. The first-order valence-corrected chi connectivity index (χ1v) is 15.2. The van der Waals surface area contributed by atoms with Crippen molar-refractivity contribution in [3.63, 3.8) is 0 Å². The van der Waals surface area contributed by atoms with Crippen LogP contribution in [0.25, 0.3) is 10.8 Å². The van der Waals surface area contributed by atoms with E-state index in [1.54, 1.807) is 0 Å². The van der Waals surface area contributed by atoms with Crippen LogP contribution in [0.1, 0.15) is 55.6 Å². The molecule has 3 aromatic carbocycles. The van der Waals surface area contributed by atoms with Gasteiger partial charge in [0.05, 0.1) is 12.0 Å². The highest BCUT2D eigenvalue weighted by Crippen LogP contribution is 2.56. The van der Waals surface area contributed by atoms with E-state index in [9.17, 15) is 14.4 Å². The Morgan fingerprint density at radius 1 is 1.07 bits per heavy atom. The van der Waals surface area contributed by atoms with Gasteiger partial charge in [0, 0.05) is 23.1 Å². The summed E-state index contributed by atoms with van der Waals surface area (Å²) in [5, 5.41) is 6.16. The van der Waals surface area contributed by atoms with Crippen molar-refractivity contribution in [3.8, 4) is 5.88 Å². The minimum atomic E-state index is -1.87. The average Bonchev–Trinajstić information content (AvgIpc) is 3.40. The Balaban J connectivity index is 1.33. The van der Waals surface area contributed by atoms with E-state index in [1.165, 1.54) is 7.11 Å². The second-order valence-corrected chi connectivity index (χ2v) is 13.0. The number of fused-ring (bicyclic) bond motifs is 5. The second kappa shape index (κ2) is 10.2. The maximum Gasteiger partial charge on any atom is 0.265 e. The molecule has 0 radical (unpaired) electrons. The Bertz CT molecular complexity index is 1810. The van der Waals surface area contributed by atoms with Gasteiger partial charge in [0.1, 0.15) is 12.2 Å². The fraction of sp³-hybridized carbons (Fsp3) is 0.353. The number of ether oxygens (including phenoxy) is 2. The number of methoxy groups -OCH3 is 1. The van der Waals surface area contributed by atoms with Crippen LogP contribution in [0.5, 0.6) is 5.88 Å².